The minimum absolute atomic E-state index is 0.0583. The largest absolute Gasteiger partial charge is 0.338 e. The first kappa shape index (κ1) is 15.0. The van der Waals surface area contributed by atoms with Gasteiger partial charge < -0.3 is 9.88 Å². The Bertz CT molecular complexity index is 658. The number of aryl methyl sites for hydroxylation is 1. The highest BCUT2D eigenvalue weighted by Gasteiger charge is 2.18. The van der Waals surface area contributed by atoms with E-state index in [9.17, 15) is 18.9 Å². The number of halogens is 2. The maximum absolute atomic E-state index is 13.5. The second kappa shape index (κ2) is 6.40. The van der Waals surface area contributed by atoms with Crippen molar-refractivity contribution >= 4 is 5.69 Å². The van der Waals surface area contributed by atoms with E-state index in [1.54, 1.807) is 6.20 Å². The van der Waals surface area contributed by atoms with Crippen LogP contribution in [0.25, 0.3) is 0 Å². The predicted molar refractivity (Wildman–Crippen MR) is 71.6 cm³/mol. The quantitative estimate of drug-likeness (QED) is 0.502. The molecule has 0 aliphatic rings. The molecule has 6 nitrogen and oxygen atoms in total. The van der Waals surface area contributed by atoms with Gasteiger partial charge in [-0.15, -0.1) is 0 Å². The lowest BCUT2D eigenvalue weighted by Crippen LogP contribution is -2.19. The van der Waals surface area contributed by atoms with Gasteiger partial charge in [0.05, 0.1) is 4.92 Å². The smallest absolute Gasteiger partial charge is 0.305 e. The van der Waals surface area contributed by atoms with Crippen LogP contribution in [-0.4, -0.2) is 21.0 Å². The summed E-state index contributed by atoms with van der Waals surface area (Å²) >= 11 is 0. The Balaban J connectivity index is 1.95. The number of nitrogens with one attached hydrogen (secondary N) is 1. The van der Waals surface area contributed by atoms with Crippen LogP contribution in [0.5, 0.6) is 0 Å². The third-order valence-electron chi connectivity index (χ3n) is 3.07. The fourth-order valence-electron chi connectivity index (χ4n) is 1.92. The lowest BCUT2D eigenvalue weighted by molar-refractivity contribution is -0.387. The zero-order valence-corrected chi connectivity index (χ0v) is 11.3. The lowest BCUT2D eigenvalue weighted by atomic mass is 10.1. The van der Waals surface area contributed by atoms with Gasteiger partial charge in [0.15, 0.2) is 0 Å². The molecule has 0 saturated heterocycles. The van der Waals surface area contributed by atoms with Gasteiger partial charge in [-0.3, -0.25) is 10.1 Å². The van der Waals surface area contributed by atoms with Crippen LogP contribution in [0, 0.1) is 21.7 Å². The first-order chi connectivity index (χ1) is 9.99. The number of imidazole rings is 1. The van der Waals surface area contributed by atoms with Gasteiger partial charge in [0, 0.05) is 56.6 Å². The van der Waals surface area contributed by atoms with Gasteiger partial charge in [0.25, 0.3) is 0 Å². The average Bonchev–Trinajstić information content (AvgIpc) is 2.82. The first-order valence-electron chi connectivity index (χ1n) is 6.28. The van der Waals surface area contributed by atoms with Crippen molar-refractivity contribution in [2.24, 2.45) is 7.05 Å². The van der Waals surface area contributed by atoms with Crippen molar-refractivity contribution < 1.29 is 13.7 Å². The molecule has 0 unspecified atom stereocenters. The molecule has 0 aliphatic heterocycles. The zero-order valence-electron chi connectivity index (χ0n) is 11.3. The minimum Gasteiger partial charge on any atom is -0.338 e. The molecule has 0 atom stereocenters. The molecule has 1 aromatic carbocycles. The Hall–Kier alpha value is -2.35. The Kier molecular flexibility index (Phi) is 4.59. The van der Waals surface area contributed by atoms with Crippen LogP contribution in [0.2, 0.25) is 0 Å². The fourth-order valence-corrected chi connectivity index (χ4v) is 1.92. The molecule has 1 N–H and O–H groups in total. The third kappa shape index (κ3) is 3.60. The van der Waals surface area contributed by atoms with Gasteiger partial charge in [0.2, 0.25) is 5.82 Å². The van der Waals surface area contributed by atoms with Crippen LogP contribution in [0.4, 0.5) is 14.5 Å². The molecule has 8 heteroatoms. The minimum atomic E-state index is -1.17. The summed E-state index contributed by atoms with van der Waals surface area (Å²) in [5, 5.41) is 13.6. The van der Waals surface area contributed by atoms with Crippen molar-refractivity contribution in [3.8, 4) is 0 Å². The summed E-state index contributed by atoms with van der Waals surface area (Å²) in [6.45, 7) is 0.604. The second-order valence-electron chi connectivity index (χ2n) is 4.53. The van der Waals surface area contributed by atoms with Crippen molar-refractivity contribution in [2.45, 2.75) is 13.0 Å². The van der Waals surface area contributed by atoms with E-state index in [0.29, 0.717) is 19.0 Å². The highest BCUT2D eigenvalue weighted by Crippen LogP contribution is 2.21. The summed E-state index contributed by atoms with van der Waals surface area (Å²) in [5.74, 6) is -1.11. The van der Waals surface area contributed by atoms with Crippen molar-refractivity contribution in [2.75, 3.05) is 6.54 Å². The SMILES string of the molecule is Cn1ccnc1CCNCc1cc([N+](=O)[O-])c(F)cc1F. The Labute approximate surface area is 119 Å². The van der Waals surface area contributed by atoms with Crippen LogP contribution in [0.3, 0.4) is 0 Å². The monoisotopic (exact) mass is 296 g/mol. The Morgan fingerprint density at radius 3 is 2.76 bits per heavy atom. The molecule has 2 aromatic rings. The maximum atomic E-state index is 13.5. The molecular weight excluding hydrogens is 282 g/mol. The van der Waals surface area contributed by atoms with Crippen molar-refractivity contribution in [3.63, 3.8) is 0 Å². The predicted octanol–water partition coefficient (Wildman–Crippen LogP) is 1.94. The highest BCUT2D eigenvalue weighted by atomic mass is 19.1. The molecule has 0 fully saturated rings. The molecular formula is C13H14F2N4O2. The molecule has 112 valence electrons. The van der Waals surface area contributed by atoms with Crippen molar-refractivity contribution in [1.29, 1.82) is 0 Å². The van der Waals surface area contributed by atoms with Crippen molar-refractivity contribution in [3.05, 3.63) is 57.7 Å². The second-order valence-corrected chi connectivity index (χ2v) is 4.53. The van der Waals surface area contributed by atoms with E-state index in [-0.39, 0.29) is 12.1 Å². The number of nitro groups is 1. The molecule has 0 aliphatic carbocycles. The number of benzene rings is 1. The Morgan fingerprint density at radius 1 is 1.38 bits per heavy atom. The first-order valence-corrected chi connectivity index (χ1v) is 6.28. The van der Waals surface area contributed by atoms with Gasteiger partial charge in [-0.2, -0.15) is 4.39 Å². The van der Waals surface area contributed by atoms with Gasteiger partial charge in [-0.05, 0) is 0 Å². The normalized spacial score (nSPS) is 10.8. The number of aromatic nitrogens is 2. The number of hydrogen-bond acceptors (Lipinski definition) is 4. The molecule has 0 bridgehead atoms. The van der Waals surface area contributed by atoms with E-state index < -0.39 is 22.2 Å². The van der Waals surface area contributed by atoms with Crippen LogP contribution >= 0.6 is 0 Å². The van der Waals surface area contributed by atoms with E-state index in [2.05, 4.69) is 10.3 Å². The molecule has 2 rings (SSSR count). The highest BCUT2D eigenvalue weighted by molar-refractivity contribution is 5.37. The van der Waals surface area contributed by atoms with Gasteiger partial charge in [0.1, 0.15) is 11.6 Å². The Morgan fingerprint density at radius 2 is 2.14 bits per heavy atom. The molecule has 0 radical (unpaired) electrons. The number of nitrogens with zero attached hydrogens (tertiary/aromatic N) is 3. The molecule has 21 heavy (non-hydrogen) atoms. The number of hydrogen-bond donors (Lipinski definition) is 1. The standard InChI is InChI=1S/C13H14F2N4O2/c1-18-5-4-17-13(18)2-3-16-8-9-6-12(19(20)21)11(15)7-10(9)14/h4-7,16H,2-3,8H2,1H3. The molecule has 0 saturated carbocycles. The van der Waals surface area contributed by atoms with E-state index >= 15 is 0 Å². The van der Waals surface area contributed by atoms with E-state index in [0.717, 1.165) is 11.9 Å². The van der Waals surface area contributed by atoms with Gasteiger partial charge >= 0.3 is 5.69 Å². The number of nitro benzene ring substituents is 1. The topological polar surface area (TPSA) is 73.0 Å². The summed E-state index contributed by atoms with van der Waals surface area (Å²) in [6.07, 6.45) is 4.13. The zero-order chi connectivity index (χ0) is 15.4. The maximum Gasteiger partial charge on any atom is 0.305 e. The summed E-state index contributed by atoms with van der Waals surface area (Å²) in [6, 6.07) is 1.45. The van der Waals surface area contributed by atoms with Crippen molar-refractivity contribution in [1.82, 2.24) is 14.9 Å². The molecule has 1 aromatic heterocycles. The third-order valence-corrected chi connectivity index (χ3v) is 3.07. The fraction of sp³-hybridized carbons (Fsp3) is 0.308. The van der Waals surface area contributed by atoms with Crippen LogP contribution in [0.15, 0.2) is 24.5 Å². The van der Waals surface area contributed by atoms with E-state index in [4.69, 9.17) is 0 Å². The summed E-state index contributed by atoms with van der Waals surface area (Å²) in [4.78, 5) is 13.9. The summed E-state index contributed by atoms with van der Waals surface area (Å²) < 4.78 is 28.6. The van der Waals surface area contributed by atoms with Gasteiger partial charge in [-0.1, -0.05) is 0 Å². The summed E-state index contributed by atoms with van der Waals surface area (Å²) in [5.41, 5.74) is -0.666. The average molecular weight is 296 g/mol. The van der Waals surface area contributed by atoms with Crippen LogP contribution in [0.1, 0.15) is 11.4 Å². The lowest BCUT2D eigenvalue weighted by Gasteiger charge is -2.07. The van der Waals surface area contributed by atoms with Crippen LogP contribution in [-0.2, 0) is 20.0 Å². The number of rotatable bonds is 6. The molecule has 0 amide bonds. The van der Waals surface area contributed by atoms with Gasteiger partial charge in [-0.25, -0.2) is 9.37 Å². The molecule has 1 heterocycles. The van der Waals surface area contributed by atoms with E-state index in [1.807, 2.05) is 17.8 Å². The summed E-state index contributed by atoms with van der Waals surface area (Å²) in [7, 11) is 1.87. The van der Waals surface area contributed by atoms with Crippen LogP contribution < -0.4 is 5.32 Å². The molecule has 0 spiro atoms. The van der Waals surface area contributed by atoms with E-state index in [1.165, 1.54) is 0 Å².